The van der Waals surface area contributed by atoms with Crippen molar-refractivity contribution in [3.63, 3.8) is 0 Å². The molecule has 3 heterocycles. The van der Waals surface area contributed by atoms with Crippen molar-refractivity contribution in [2.24, 2.45) is 0 Å². The number of aliphatic hydroxyl groups excluding tert-OH is 11. The van der Waals surface area contributed by atoms with Crippen LogP contribution in [0.15, 0.2) is 72.9 Å². The van der Waals surface area contributed by atoms with Crippen molar-refractivity contribution < 1.29 is 89.4 Å². The fourth-order valence-corrected chi connectivity index (χ4v) is 13.2. The largest absolute Gasteiger partial charge is 0.394 e. The maximum Gasteiger partial charge on any atom is 0.220 e. The van der Waals surface area contributed by atoms with Crippen molar-refractivity contribution in [3.8, 4) is 0 Å². The van der Waals surface area contributed by atoms with E-state index in [-0.39, 0.29) is 18.9 Å². The minimum absolute atomic E-state index is 0.244. The Kier molecular flexibility index (Phi) is 55.3. The van der Waals surface area contributed by atoms with Crippen molar-refractivity contribution in [1.82, 2.24) is 5.32 Å². The summed E-state index contributed by atoms with van der Waals surface area (Å²) < 4.78 is 34.4. The van der Waals surface area contributed by atoms with E-state index < -0.39 is 124 Å². The monoisotopic (exact) mass is 1410 g/mol. The third-order valence-corrected chi connectivity index (χ3v) is 19.5. The second-order valence-corrected chi connectivity index (χ2v) is 28.1. The number of amides is 1. The van der Waals surface area contributed by atoms with Crippen LogP contribution in [0.4, 0.5) is 0 Å². The van der Waals surface area contributed by atoms with Gasteiger partial charge < -0.3 is 89.9 Å². The molecule has 0 saturated carbocycles. The van der Waals surface area contributed by atoms with Gasteiger partial charge in [0.2, 0.25) is 5.91 Å². The molecule has 0 aliphatic carbocycles. The average molecular weight is 1410 g/mol. The molecule has 0 radical (unpaired) electrons. The number of carbonyl (C=O) groups excluding carboxylic acids is 1. The first-order chi connectivity index (χ1) is 48.3. The van der Waals surface area contributed by atoms with Gasteiger partial charge in [-0.1, -0.05) is 299 Å². The SMILES string of the molecule is CC/C=C\C/C=C\C/C=C\C/C=C\C/C=C\CCCCCCCCCCCCCCCCCCCCCCCC(=O)NC(COC1OC(CO)C(OC2OC(CO)C(OC3OC(CO)C(O)C(O)C3O)C(O)C2O)C(O)C1O)C(O)/C=C/CCCCCCCCCCCCCCCCC. The fourth-order valence-electron chi connectivity index (χ4n) is 13.2. The van der Waals surface area contributed by atoms with Gasteiger partial charge in [-0.15, -0.1) is 0 Å². The van der Waals surface area contributed by atoms with Crippen molar-refractivity contribution in [2.45, 2.75) is 401 Å². The van der Waals surface area contributed by atoms with Crippen molar-refractivity contribution >= 4 is 5.91 Å². The number of rotatable bonds is 62. The number of ether oxygens (including phenoxy) is 6. The summed E-state index contributed by atoms with van der Waals surface area (Å²) in [7, 11) is 0. The molecule has 19 heteroatoms. The summed E-state index contributed by atoms with van der Waals surface area (Å²) in [6, 6.07) is -0.974. The molecule has 99 heavy (non-hydrogen) atoms. The van der Waals surface area contributed by atoms with E-state index in [0.29, 0.717) is 6.42 Å². The Hall–Kier alpha value is -2.77. The summed E-state index contributed by atoms with van der Waals surface area (Å²) in [5, 5.41) is 121. The Bertz CT molecular complexity index is 2070. The highest BCUT2D eigenvalue weighted by atomic mass is 16.8. The Morgan fingerprint density at radius 3 is 1.09 bits per heavy atom. The highest BCUT2D eigenvalue weighted by Crippen LogP contribution is 2.33. The van der Waals surface area contributed by atoms with Crippen molar-refractivity contribution in [2.75, 3.05) is 26.4 Å². The summed E-state index contributed by atoms with van der Waals surface area (Å²) in [4.78, 5) is 13.5. The molecule has 0 aromatic rings. The van der Waals surface area contributed by atoms with Crippen LogP contribution in [0, 0.1) is 0 Å². The molecule has 19 nitrogen and oxygen atoms in total. The highest BCUT2D eigenvalue weighted by molar-refractivity contribution is 5.76. The Morgan fingerprint density at radius 1 is 0.374 bits per heavy atom. The second-order valence-electron chi connectivity index (χ2n) is 28.1. The van der Waals surface area contributed by atoms with E-state index in [9.17, 15) is 61.0 Å². The van der Waals surface area contributed by atoms with E-state index in [1.165, 1.54) is 193 Å². The van der Waals surface area contributed by atoms with Gasteiger partial charge >= 0.3 is 0 Å². The number of allylic oxidation sites excluding steroid dienone is 11. The lowest BCUT2D eigenvalue weighted by molar-refractivity contribution is -0.379. The lowest BCUT2D eigenvalue weighted by atomic mass is 9.96. The molecule has 3 aliphatic rings. The minimum atomic E-state index is -1.98. The van der Waals surface area contributed by atoms with Gasteiger partial charge in [-0.05, 0) is 64.2 Å². The molecule has 12 N–H and O–H groups in total. The fraction of sp³-hybridized carbons (Fsp3) is 0.838. The number of nitrogens with one attached hydrogen (secondary N) is 1. The lowest BCUT2D eigenvalue weighted by Crippen LogP contribution is -2.66. The first-order valence-electron chi connectivity index (χ1n) is 39.7. The molecule has 0 bridgehead atoms. The first kappa shape index (κ1) is 90.4. The van der Waals surface area contributed by atoms with E-state index in [1.54, 1.807) is 6.08 Å². The zero-order valence-electron chi connectivity index (χ0n) is 61.5. The number of carbonyl (C=O) groups is 1. The van der Waals surface area contributed by atoms with Gasteiger partial charge in [0.1, 0.15) is 73.2 Å². The summed E-state index contributed by atoms with van der Waals surface area (Å²) in [5.41, 5.74) is 0. The first-order valence-corrected chi connectivity index (χ1v) is 39.7. The summed E-state index contributed by atoms with van der Waals surface area (Å²) >= 11 is 0. The van der Waals surface area contributed by atoms with E-state index in [2.05, 4.69) is 79.9 Å². The summed E-state index contributed by atoms with van der Waals surface area (Å²) in [6.45, 7) is 1.65. The minimum Gasteiger partial charge on any atom is -0.394 e. The van der Waals surface area contributed by atoms with Gasteiger partial charge in [-0.2, -0.15) is 0 Å². The van der Waals surface area contributed by atoms with Gasteiger partial charge in [0.05, 0.1) is 38.6 Å². The molecular weight excluding hydrogens is 1260 g/mol. The number of hydrogen-bond donors (Lipinski definition) is 12. The Balaban J connectivity index is 1.32. The van der Waals surface area contributed by atoms with E-state index in [4.69, 9.17) is 28.4 Å². The van der Waals surface area contributed by atoms with Gasteiger partial charge in [0.15, 0.2) is 18.9 Å². The quantitative estimate of drug-likeness (QED) is 0.0199. The van der Waals surface area contributed by atoms with Crippen LogP contribution < -0.4 is 5.32 Å². The van der Waals surface area contributed by atoms with Crippen LogP contribution in [0.1, 0.15) is 296 Å². The topological polar surface area (TPSA) is 307 Å². The molecule has 0 aromatic heterocycles. The smallest absolute Gasteiger partial charge is 0.220 e. The zero-order chi connectivity index (χ0) is 71.8. The summed E-state index contributed by atoms with van der Waals surface area (Å²) in [6.07, 6.45) is 51.8. The lowest BCUT2D eigenvalue weighted by Gasteiger charge is -2.48. The molecule has 576 valence electrons. The molecular formula is C80H143NO18. The van der Waals surface area contributed by atoms with Crippen LogP contribution in [-0.4, -0.2) is 193 Å². The van der Waals surface area contributed by atoms with Crippen LogP contribution in [0.3, 0.4) is 0 Å². The van der Waals surface area contributed by atoms with Crippen LogP contribution in [-0.2, 0) is 33.2 Å². The summed E-state index contributed by atoms with van der Waals surface area (Å²) in [5.74, 6) is -0.272. The van der Waals surface area contributed by atoms with E-state index >= 15 is 0 Å². The van der Waals surface area contributed by atoms with Crippen LogP contribution in [0.5, 0.6) is 0 Å². The van der Waals surface area contributed by atoms with Crippen LogP contribution in [0.2, 0.25) is 0 Å². The van der Waals surface area contributed by atoms with Gasteiger partial charge in [-0.3, -0.25) is 4.79 Å². The third kappa shape index (κ3) is 40.9. The second kappa shape index (κ2) is 60.5. The van der Waals surface area contributed by atoms with Crippen molar-refractivity contribution in [3.05, 3.63) is 72.9 Å². The standard InChI is InChI=1S/C80H143NO18/c1-3-5-7-9-11-13-15-17-19-21-22-23-24-25-26-27-28-29-30-31-32-33-34-35-36-37-38-39-40-42-44-46-48-50-52-54-56-58-68(86)81-63(64(85)57-55-53-51-49-47-45-43-41-20-18-16-14-12-10-8-6-4-2)62-94-78-74(92)71(89)76(66(60-83)96-78)99-80-75(93)72(90)77(67(61-84)97-80)98-79-73(91)70(88)69(87)65(59-82)95-79/h5,7,11,13,17,19,22-23,25-26,55,57,63-67,69-80,82-85,87-93H,3-4,6,8-10,12,14-16,18,20-21,24,27-54,56,58-62H2,1-2H3,(H,81,86)/b7-5-,13-11-,19-17-,23-22-,26-25-,57-55+. The third-order valence-electron chi connectivity index (χ3n) is 19.5. The number of hydrogen-bond acceptors (Lipinski definition) is 18. The molecule has 3 rings (SSSR count). The zero-order valence-corrected chi connectivity index (χ0v) is 61.5. The van der Waals surface area contributed by atoms with Crippen molar-refractivity contribution in [1.29, 1.82) is 0 Å². The molecule has 1 amide bonds. The molecule has 17 atom stereocenters. The normalized spacial score (nSPS) is 27.0. The Labute approximate surface area is 598 Å². The van der Waals surface area contributed by atoms with Gasteiger partial charge in [0.25, 0.3) is 0 Å². The van der Waals surface area contributed by atoms with E-state index in [0.717, 1.165) is 77.0 Å². The molecule has 0 aromatic carbocycles. The molecule has 17 unspecified atom stereocenters. The number of aliphatic hydroxyl groups is 11. The predicted molar refractivity (Wildman–Crippen MR) is 392 cm³/mol. The van der Waals surface area contributed by atoms with Crippen LogP contribution >= 0.6 is 0 Å². The van der Waals surface area contributed by atoms with Gasteiger partial charge in [0, 0.05) is 6.42 Å². The van der Waals surface area contributed by atoms with E-state index in [1.807, 2.05) is 6.08 Å². The molecule has 3 saturated heterocycles. The number of unbranched alkanes of at least 4 members (excludes halogenated alkanes) is 36. The molecule has 3 aliphatic heterocycles. The van der Waals surface area contributed by atoms with Crippen LogP contribution in [0.25, 0.3) is 0 Å². The highest BCUT2D eigenvalue weighted by Gasteiger charge is 2.53. The maximum absolute atomic E-state index is 13.5. The molecule has 3 fully saturated rings. The predicted octanol–water partition coefficient (Wildman–Crippen LogP) is 12.8. The van der Waals surface area contributed by atoms with Gasteiger partial charge in [-0.25, -0.2) is 0 Å². The maximum atomic E-state index is 13.5. The molecule has 0 spiro atoms. The average Bonchev–Trinajstić information content (AvgIpc) is 0.786. The Morgan fingerprint density at radius 2 is 0.697 bits per heavy atom.